The van der Waals surface area contributed by atoms with Gasteiger partial charge in [0.25, 0.3) is 0 Å². The van der Waals surface area contributed by atoms with E-state index in [2.05, 4.69) is 10.4 Å². The third-order valence-corrected chi connectivity index (χ3v) is 2.61. The highest BCUT2D eigenvalue weighted by Crippen LogP contribution is 2.25. The van der Waals surface area contributed by atoms with Crippen molar-refractivity contribution in [1.82, 2.24) is 4.98 Å². The van der Waals surface area contributed by atoms with E-state index in [1.807, 2.05) is 6.07 Å². The summed E-state index contributed by atoms with van der Waals surface area (Å²) in [6.45, 7) is 0. The van der Waals surface area contributed by atoms with Gasteiger partial charge in [-0.15, -0.1) is 11.3 Å². The number of halogens is 1. The molecule has 2 rings (SSSR count). The van der Waals surface area contributed by atoms with E-state index in [0.29, 0.717) is 5.82 Å². The highest BCUT2D eigenvalue weighted by atomic mass is 32.1. The first-order valence-corrected chi connectivity index (χ1v) is 4.85. The second-order valence-corrected chi connectivity index (χ2v) is 3.55. The molecule has 0 aliphatic heterocycles. The molecule has 0 radical (unpaired) electrons. The molecule has 0 saturated heterocycles. The number of nitrogen functional groups attached to an aromatic ring is 1. The summed E-state index contributed by atoms with van der Waals surface area (Å²) in [6.07, 6.45) is 0. The Morgan fingerprint density at radius 3 is 2.93 bits per heavy atom. The van der Waals surface area contributed by atoms with Crippen molar-refractivity contribution in [2.75, 3.05) is 5.43 Å². The van der Waals surface area contributed by atoms with Gasteiger partial charge in [-0.1, -0.05) is 12.1 Å². The van der Waals surface area contributed by atoms with Crippen LogP contribution >= 0.6 is 11.3 Å². The number of hydrogen-bond acceptors (Lipinski definition) is 4. The van der Waals surface area contributed by atoms with Crippen molar-refractivity contribution in [2.24, 2.45) is 5.84 Å². The van der Waals surface area contributed by atoms with Gasteiger partial charge in [-0.05, 0) is 12.1 Å². The van der Waals surface area contributed by atoms with E-state index < -0.39 is 0 Å². The molecule has 2 aromatic rings. The maximum absolute atomic E-state index is 12.9. The van der Waals surface area contributed by atoms with Gasteiger partial charge in [0.1, 0.15) is 10.8 Å². The zero-order chi connectivity index (χ0) is 9.97. The molecule has 0 spiro atoms. The first kappa shape index (κ1) is 9.11. The first-order chi connectivity index (χ1) is 6.79. The first-order valence-electron chi connectivity index (χ1n) is 3.97. The maximum atomic E-state index is 12.9. The van der Waals surface area contributed by atoms with Gasteiger partial charge in [-0.2, -0.15) is 0 Å². The number of nitrogens with one attached hydrogen (secondary N) is 1. The Balaban J connectivity index is 2.39. The fraction of sp³-hybridized carbons (Fsp3) is 0. The molecule has 0 atom stereocenters. The Hall–Kier alpha value is -1.46. The van der Waals surface area contributed by atoms with E-state index in [1.54, 1.807) is 11.4 Å². The van der Waals surface area contributed by atoms with E-state index in [9.17, 15) is 4.39 Å². The van der Waals surface area contributed by atoms with Crippen LogP contribution < -0.4 is 11.3 Å². The topological polar surface area (TPSA) is 50.9 Å². The average molecular weight is 209 g/mol. The summed E-state index contributed by atoms with van der Waals surface area (Å²) >= 11 is 1.42. The Kier molecular flexibility index (Phi) is 2.43. The molecule has 72 valence electrons. The van der Waals surface area contributed by atoms with Crippen LogP contribution in [0.4, 0.5) is 10.2 Å². The lowest BCUT2D eigenvalue weighted by Gasteiger charge is -1.95. The molecule has 0 aliphatic rings. The lowest BCUT2D eigenvalue weighted by Crippen LogP contribution is -2.06. The van der Waals surface area contributed by atoms with E-state index in [4.69, 9.17) is 5.84 Å². The van der Waals surface area contributed by atoms with Crippen molar-refractivity contribution in [3.05, 3.63) is 35.5 Å². The fourth-order valence-corrected chi connectivity index (χ4v) is 1.85. The van der Waals surface area contributed by atoms with E-state index in [0.717, 1.165) is 10.6 Å². The molecular formula is C9H8FN3S. The number of nitrogens with two attached hydrogens (primary N) is 1. The largest absolute Gasteiger partial charge is 0.308 e. The smallest absolute Gasteiger partial charge is 0.151 e. The fourth-order valence-electron chi connectivity index (χ4n) is 1.09. The van der Waals surface area contributed by atoms with Crippen LogP contribution in [0.25, 0.3) is 10.6 Å². The normalized spacial score (nSPS) is 10.1. The summed E-state index contributed by atoms with van der Waals surface area (Å²) in [6, 6.07) is 6.31. The van der Waals surface area contributed by atoms with Gasteiger partial charge in [0.15, 0.2) is 5.82 Å². The van der Waals surface area contributed by atoms with Crippen molar-refractivity contribution in [1.29, 1.82) is 0 Å². The minimum absolute atomic E-state index is 0.264. The van der Waals surface area contributed by atoms with Crippen LogP contribution in [0.15, 0.2) is 29.6 Å². The number of benzene rings is 1. The van der Waals surface area contributed by atoms with Gasteiger partial charge in [0.05, 0.1) is 0 Å². The molecule has 0 aliphatic carbocycles. The molecule has 3 nitrogen and oxygen atoms in total. The minimum atomic E-state index is -0.264. The summed E-state index contributed by atoms with van der Waals surface area (Å²) in [4.78, 5) is 4.16. The van der Waals surface area contributed by atoms with Gasteiger partial charge in [0.2, 0.25) is 0 Å². The number of nitrogens with zero attached hydrogens (tertiary/aromatic N) is 1. The SMILES string of the molecule is NNc1csc(-c2cccc(F)c2)n1. The van der Waals surface area contributed by atoms with Crippen LogP contribution in [0, 0.1) is 5.82 Å². The molecule has 1 aromatic carbocycles. The van der Waals surface area contributed by atoms with Crippen molar-refractivity contribution in [2.45, 2.75) is 0 Å². The van der Waals surface area contributed by atoms with Crippen LogP contribution in [-0.2, 0) is 0 Å². The number of rotatable bonds is 2. The number of anilines is 1. The van der Waals surface area contributed by atoms with Gasteiger partial charge in [-0.25, -0.2) is 15.2 Å². The Morgan fingerprint density at radius 1 is 1.43 bits per heavy atom. The molecule has 1 aromatic heterocycles. The van der Waals surface area contributed by atoms with Crippen molar-refractivity contribution < 1.29 is 4.39 Å². The van der Waals surface area contributed by atoms with E-state index in [-0.39, 0.29) is 5.82 Å². The third kappa shape index (κ3) is 1.73. The quantitative estimate of drug-likeness (QED) is 0.589. The number of hydrogen-bond donors (Lipinski definition) is 2. The molecule has 14 heavy (non-hydrogen) atoms. The Labute approximate surface area is 84.4 Å². The molecule has 0 amide bonds. The highest BCUT2D eigenvalue weighted by Gasteiger charge is 2.03. The number of thiazole rings is 1. The minimum Gasteiger partial charge on any atom is -0.308 e. The van der Waals surface area contributed by atoms with Crippen molar-refractivity contribution in [3.8, 4) is 10.6 Å². The Bertz CT molecular complexity index is 441. The summed E-state index contributed by atoms with van der Waals surface area (Å²) in [5, 5.41) is 2.53. The maximum Gasteiger partial charge on any atom is 0.151 e. The van der Waals surface area contributed by atoms with Gasteiger partial charge in [-0.3, -0.25) is 0 Å². The van der Waals surface area contributed by atoms with E-state index >= 15 is 0 Å². The third-order valence-electron chi connectivity index (χ3n) is 1.72. The molecule has 3 N–H and O–H groups in total. The monoisotopic (exact) mass is 209 g/mol. The summed E-state index contributed by atoms with van der Waals surface area (Å²) in [5.74, 6) is 5.52. The van der Waals surface area contributed by atoms with Gasteiger partial charge in [0, 0.05) is 10.9 Å². The zero-order valence-electron chi connectivity index (χ0n) is 7.20. The number of aromatic nitrogens is 1. The van der Waals surface area contributed by atoms with Gasteiger partial charge < -0.3 is 5.43 Å². The zero-order valence-corrected chi connectivity index (χ0v) is 8.01. The predicted octanol–water partition coefficient (Wildman–Crippen LogP) is 2.23. The molecule has 0 saturated carbocycles. The van der Waals surface area contributed by atoms with Crippen molar-refractivity contribution in [3.63, 3.8) is 0 Å². The van der Waals surface area contributed by atoms with Crippen LogP contribution in [-0.4, -0.2) is 4.98 Å². The predicted molar refractivity (Wildman–Crippen MR) is 55.3 cm³/mol. The number of hydrazine groups is 1. The molecule has 0 unspecified atom stereocenters. The molecule has 0 fully saturated rings. The molecule has 5 heteroatoms. The molecule has 0 bridgehead atoms. The summed E-state index contributed by atoms with van der Waals surface area (Å²) in [7, 11) is 0. The summed E-state index contributed by atoms with van der Waals surface area (Å²) < 4.78 is 12.9. The Morgan fingerprint density at radius 2 is 2.29 bits per heavy atom. The second kappa shape index (κ2) is 3.73. The highest BCUT2D eigenvalue weighted by molar-refractivity contribution is 7.13. The second-order valence-electron chi connectivity index (χ2n) is 2.69. The van der Waals surface area contributed by atoms with E-state index in [1.165, 1.54) is 23.5 Å². The lowest BCUT2D eigenvalue weighted by atomic mass is 10.2. The molecule has 1 heterocycles. The van der Waals surface area contributed by atoms with Crippen LogP contribution in [0.1, 0.15) is 0 Å². The van der Waals surface area contributed by atoms with Crippen molar-refractivity contribution >= 4 is 17.2 Å². The average Bonchev–Trinajstić information content (AvgIpc) is 2.66. The summed E-state index contributed by atoms with van der Waals surface area (Å²) in [5.41, 5.74) is 3.20. The molecular weight excluding hydrogens is 201 g/mol. The van der Waals surface area contributed by atoms with Crippen LogP contribution in [0.5, 0.6) is 0 Å². The van der Waals surface area contributed by atoms with Crippen LogP contribution in [0.2, 0.25) is 0 Å². The lowest BCUT2D eigenvalue weighted by molar-refractivity contribution is 0.628. The van der Waals surface area contributed by atoms with Gasteiger partial charge >= 0.3 is 0 Å². The van der Waals surface area contributed by atoms with Crippen LogP contribution in [0.3, 0.4) is 0 Å². The standard InChI is InChI=1S/C9H8FN3S/c10-7-3-1-2-6(4-7)9-12-8(13-11)5-14-9/h1-5,13H,11H2.